The van der Waals surface area contributed by atoms with Gasteiger partial charge in [0.05, 0.1) is 24.0 Å². The van der Waals surface area contributed by atoms with E-state index in [0.717, 1.165) is 5.69 Å². The van der Waals surface area contributed by atoms with Gasteiger partial charge in [-0.2, -0.15) is 0 Å². The Hall–Kier alpha value is -2.70. The Morgan fingerprint density at radius 3 is 2.86 bits per heavy atom. The Kier molecular flexibility index (Phi) is 3.86. The number of carbonyl (C=O) groups is 2. The van der Waals surface area contributed by atoms with Gasteiger partial charge in [0.15, 0.2) is 0 Å². The maximum Gasteiger partial charge on any atom is 0.306 e. The van der Waals surface area contributed by atoms with Crippen LogP contribution in [0.5, 0.6) is 0 Å². The first kappa shape index (κ1) is 14.2. The van der Waals surface area contributed by atoms with Crippen LogP contribution in [0.15, 0.2) is 36.7 Å². The van der Waals surface area contributed by atoms with Crippen molar-refractivity contribution in [1.29, 1.82) is 0 Å². The molecule has 0 radical (unpaired) electrons. The van der Waals surface area contributed by atoms with E-state index in [1.54, 1.807) is 35.3 Å². The van der Waals surface area contributed by atoms with Crippen molar-refractivity contribution in [2.24, 2.45) is 5.92 Å². The highest BCUT2D eigenvalue weighted by Gasteiger charge is 2.30. The fourth-order valence-corrected chi connectivity index (χ4v) is 2.74. The van der Waals surface area contributed by atoms with Gasteiger partial charge >= 0.3 is 5.97 Å². The quantitative estimate of drug-likeness (QED) is 0.885. The molecule has 1 heterocycles. The van der Waals surface area contributed by atoms with Crippen LogP contribution in [-0.2, 0) is 4.79 Å². The molecule has 0 aliphatic heterocycles. The molecule has 1 aliphatic carbocycles. The first-order valence-corrected chi connectivity index (χ1v) is 7.14. The molecule has 3 rings (SSSR count). The zero-order valence-corrected chi connectivity index (χ0v) is 11.8. The molecule has 1 aromatic carbocycles. The molecule has 1 aromatic heterocycles. The van der Waals surface area contributed by atoms with Crippen LogP contribution in [0.3, 0.4) is 0 Å². The number of aromatic nitrogens is 3. The Morgan fingerprint density at radius 2 is 2.18 bits per heavy atom. The number of hydrogen-bond acceptors (Lipinski definition) is 4. The van der Waals surface area contributed by atoms with Gasteiger partial charge in [-0.1, -0.05) is 11.3 Å². The highest BCUT2D eigenvalue weighted by atomic mass is 16.4. The Bertz CT molecular complexity index is 684. The van der Waals surface area contributed by atoms with Crippen LogP contribution in [0.2, 0.25) is 0 Å². The molecule has 7 heteroatoms. The van der Waals surface area contributed by atoms with Crippen molar-refractivity contribution in [2.45, 2.75) is 25.3 Å². The number of nitrogens with one attached hydrogen (secondary N) is 1. The molecule has 1 amide bonds. The van der Waals surface area contributed by atoms with Crippen molar-refractivity contribution in [1.82, 2.24) is 20.3 Å². The van der Waals surface area contributed by atoms with Crippen molar-refractivity contribution in [2.75, 3.05) is 0 Å². The molecule has 1 saturated carbocycles. The third-order valence-electron chi connectivity index (χ3n) is 3.91. The zero-order valence-electron chi connectivity index (χ0n) is 11.8. The average molecular weight is 300 g/mol. The third kappa shape index (κ3) is 2.98. The van der Waals surface area contributed by atoms with E-state index in [2.05, 4.69) is 15.6 Å². The van der Waals surface area contributed by atoms with E-state index in [4.69, 9.17) is 5.11 Å². The topological polar surface area (TPSA) is 97.1 Å². The predicted molar refractivity (Wildman–Crippen MR) is 77.6 cm³/mol. The summed E-state index contributed by atoms with van der Waals surface area (Å²) < 4.78 is 1.58. The summed E-state index contributed by atoms with van der Waals surface area (Å²) in [6.45, 7) is 0. The molecule has 0 saturated heterocycles. The molecule has 0 spiro atoms. The molecule has 2 aromatic rings. The summed E-state index contributed by atoms with van der Waals surface area (Å²) in [5.41, 5.74) is 1.27. The maximum absolute atomic E-state index is 12.3. The highest BCUT2D eigenvalue weighted by molar-refractivity contribution is 5.95. The lowest BCUT2D eigenvalue weighted by Crippen LogP contribution is -2.33. The van der Waals surface area contributed by atoms with Crippen molar-refractivity contribution < 1.29 is 14.7 Å². The van der Waals surface area contributed by atoms with Gasteiger partial charge in [0.2, 0.25) is 0 Å². The molecule has 22 heavy (non-hydrogen) atoms. The van der Waals surface area contributed by atoms with Crippen LogP contribution >= 0.6 is 0 Å². The second-order valence-electron chi connectivity index (χ2n) is 5.42. The number of nitrogens with zero attached hydrogens (tertiary/aromatic N) is 3. The van der Waals surface area contributed by atoms with Crippen LogP contribution in [0.1, 0.15) is 29.6 Å². The Morgan fingerprint density at radius 1 is 1.32 bits per heavy atom. The minimum Gasteiger partial charge on any atom is -0.481 e. The predicted octanol–water partition coefficient (Wildman–Crippen LogP) is 1.25. The van der Waals surface area contributed by atoms with E-state index < -0.39 is 5.97 Å². The summed E-state index contributed by atoms with van der Waals surface area (Å²) in [5.74, 6) is -1.34. The summed E-state index contributed by atoms with van der Waals surface area (Å²) in [4.78, 5) is 23.2. The lowest BCUT2D eigenvalue weighted by atomic mass is 10.1. The van der Waals surface area contributed by atoms with Gasteiger partial charge < -0.3 is 10.4 Å². The molecular weight excluding hydrogens is 284 g/mol. The van der Waals surface area contributed by atoms with Crippen LogP contribution in [0.25, 0.3) is 5.69 Å². The largest absolute Gasteiger partial charge is 0.481 e. The summed E-state index contributed by atoms with van der Waals surface area (Å²) in [5, 5.41) is 19.5. The van der Waals surface area contributed by atoms with Gasteiger partial charge in [0, 0.05) is 11.6 Å². The summed E-state index contributed by atoms with van der Waals surface area (Å²) >= 11 is 0. The van der Waals surface area contributed by atoms with Gasteiger partial charge in [-0.25, -0.2) is 4.68 Å². The van der Waals surface area contributed by atoms with E-state index in [-0.39, 0.29) is 17.9 Å². The van der Waals surface area contributed by atoms with Crippen molar-refractivity contribution >= 4 is 11.9 Å². The molecule has 2 atom stereocenters. The van der Waals surface area contributed by atoms with Crippen LogP contribution < -0.4 is 5.32 Å². The number of amides is 1. The molecule has 114 valence electrons. The Balaban J connectivity index is 1.68. The third-order valence-corrected chi connectivity index (χ3v) is 3.91. The van der Waals surface area contributed by atoms with Gasteiger partial charge in [0.1, 0.15) is 0 Å². The number of rotatable bonds is 4. The minimum absolute atomic E-state index is 0.0800. The fourth-order valence-electron chi connectivity index (χ4n) is 2.74. The molecular formula is C15H16N4O3. The summed E-state index contributed by atoms with van der Waals surface area (Å²) in [7, 11) is 0. The van der Waals surface area contributed by atoms with Crippen molar-refractivity contribution in [3.8, 4) is 5.69 Å². The lowest BCUT2D eigenvalue weighted by molar-refractivity contribution is -0.141. The van der Waals surface area contributed by atoms with E-state index in [9.17, 15) is 9.59 Å². The monoisotopic (exact) mass is 300 g/mol. The van der Waals surface area contributed by atoms with Gasteiger partial charge in [-0.05, 0) is 37.5 Å². The highest BCUT2D eigenvalue weighted by Crippen LogP contribution is 2.26. The average Bonchev–Trinajstić information content (AvgIpc) is 3.19. The zero-order chi connectivity index (χ0) is 15.5. The van der Waals surface area contributed by atoms with E-state index >= 15 is 0 Å². The first-order valence-electron chi connectivity index (χ1n) is 7.14. The fraction of sp³-hybridized carbons (Fsp3) is 0.333. The van der Waals surface area contributed by atoms with Gasteiger partial charge in [0.25, 0.3) is 5.91 Å². The van der Waals surface area contributed by atoms with Gasteiger partial charge in [-0.15, -0.1) is 5.10 Å². The molecule has 7 nitrogen and oxygen atoms in total. The number of hydrogen-bond donors (Lipinski definition) is 2. The van der Waals surface area contributed by atoms with E-state index in [1.807, 2.05) is 6.07 Å². The maximum atomic E-state index is 12.3. The van der Waals surface area contributed by atoms with Crippen LogP contribution in [0, 0.1) is 5.92 Å². The molecule has 2 N–H and O–H groups in total. The second kappa shape index (κ2) is 5.97. The van der Waals surface area contributed by atoms with Crippen LogP contribution in [0.4, 0.5) is 0 Å². The SMILES string of the molecule is O=C(N[C@H]1CC[C@@H](C(=O)O)C1)c1cccc(-n2ccnn2)c1. The van der Waals surface area contributed by atoms with Crippen molar-refractivity contribution in [3.63, 3.8) is 0 Å². The minimum atomic E-state index is -0.787. The normalized spacial score (nSPS) is 20.7. The molecule has 0 unspecified atom stereocenters. The number of benzene rings is 1. The number of carboxylic acids is 1. The van der Waals surface area contributed by atoms with Gasteiger partial charge in [-0.3, -0.25) is 9.59 Å². The summed E-state index contributed by atoms with van der Waals surface area (Å²) in [6, 6.07) is 6.98. The molecule has 0 bridgehead atoms. The van der Waals surface area contributed by atoms with E-state index in [0.29, 0.717) is 24.8 Å². The smallest absolute Gasteiger partial charge is 0.306 e. The lowest BCUT2D eigenvalue weighted by Gasteiger charge is -2.13. The first-order chi connectivity index (χ1) is 10.6. The number of carbonyl (C=O) groups excluding carboxylic acids is 1. The molecule has 1 aliphatic rings. The number of carboxylic acid groups (broad SMARTS) is 1. The second-order valence-corrected chi connectivity index (χ2v) is 5.42. The van der Waals surface area contributed by atoms with Crippen molar-refractivity contribution in [3.05, 3.63) is 42.2 Å². The van der Waals surface area contributed by atoms with Crippen LogP contribution in [-0.4, -0.2) is 38.0 Å². The Labute approximate surface area is 126 Å². The standard InChI is InChI=1S/C15H16N4O3/c20-14(17-12-5-4-11(8-12)15(21)22)10-2-1-3-13(9-10)19-7-6-16-18-19/h1-3,6-7,9,11-12H,4-5,8H2,(H,17,20)(H,21,22)/t11-,12+/m1/s1. The number of aliphatic carboxylic acids is 1. The summed E-state index contributed by atoms with van der Waals surface area (Å²) in [6.07, 6.45) is 5.07. The molecule has 1 fully saturated rings. The van der Waals surface area contributed by atoms with E-state index in [1.165, 1.54) is 0 Å².